The van der Waals surface area contributed by atoms with Crippen LogP contribution in [0.1, 0.15) is 27.5 Å². The molecule has 23 heavy (non-hydrogen) atoms. The number of carbonyl (C=O) groups is 2. The van der Waals surface area contributed by atoms with Crippen molar-refractivity contribution >= 4 is 17.8 Å². The van der Waals surface area contributed by atoms with Crippen molar-refractivity contribution in [1.82, 2.24) is 10.3 Å². The van der Waals surface area contributed by atoms with Crippen LogP contribution in [0.25, 0.3) is 6.08 Å². The number of ketones is 1. The predicted octanol–water partition coefficient (Wildman–Crippen LogP) is 2.33. The van der Waals surface area contributed by atoms with Crippen molar-refractivity contribution in [3.8, 4) is 6.07 Å². The summed E-state index contributed by atoms with van der Waals surface area (Å²) >= 11 is 0. The summed E-state index contributed by atoms with van der Waals surface area (Å²) in [4.78, 5) is 27.7. The van der Waals surface area contributed by atoms with Gasteiger partial charge >= 0.3 is 0 Å². The van der Waals surface area contributed by atoms with E-state index < -0.39 is 5.92 Å². The second-order valence-corrected chi connectivity index (χ2v) is 4.75. The molecular weight excluding hydrogens is 290 g/mol. The van der Waals surface area contributed by atoms with Gasteiger partial charge in [-0.1, -0.05) is 24.3 Å². The van der Waals surface area contributed by atoms with Crippen molar-refractivity contribution in [2.45, 2.75) is 5.92 Å². The maximum Gasteiger partial charge on any atom is 0.251 e. The summed E-state index contributed by atoms with van der Waals surface area (Å²) in [5.41, 5.74) is 1.74. The van der Waals surface area contributed by atoms with E-state index in [0.29, 0.717) is 11.3 Å². The number of nitrogens with zero attached hydrogens (tertiary/aromatic N) is 2. The first-order chi connectivity index (χ1) is 11.2. The number of pyridine rings is 1. The van der Waals surface area contributed by atoms with Gasteiger partial charge in [0.1, 0.15) is 0 Å². The Morgan fingerprint density at radius 2 is 1.96 bits per heavy atom. The smallest absolute Gasteiger partial charge is 0.251 e. The molecule has 0 saturated heterocycles. The Hall–Kier alpha value is -3.26. The fourth-order valence-corrected chi connectivity index (χ4v) is 1.99. The molecule has 0 fully saturated rings. The molecule has 2 aromatic rings. The number of nitriles is 1. The predicted molar refractivity (Wildman–Crippen MR) is 86.5 cm³/mol. The number of rotatable bonds is 5. The monoisotopic (exact) mass is 305 g/mol. The topological polar surface area (TPSA) is 82.9 Å². The van der Waals surface area contributed by atoms with Crippen LogP contribution in [0.3, 0.4) is 0 Å². The number of amides is 1. The molecule has 1 aromatic heterocycles. The van der Waals surface area contributed by atoms with Crippen molar-refractivity contribution in [3.05, 3.63) is 71.6 Å². The van der Waals surface area contributed by atoms with Crippen LogP contribution in [0.4, 0.5) is 0 Å². The standard InChI is InChI=1S/C18H15N3O2/c1-20-18(23)14-8-5-13(6-9-14)7-10-17(22)15(12-19)16-4-2-3-11-21-16/h2-11,15H,1H3,(H,20,23)/b10-7+/t15-/m0/s1. The summed E-state index contributed by atoms with van der Waals surface area (Å²) in [5.74, 6) is -1.42. The van der Waals surface area contributed by atoms with Gasteiger partial charge in [0, 0.05) is 18.8 Å². The van der Waals surface area contributed by atoms with Gasteiger partial charge in [-0.3, -0.25) is 14.6 Å². The zero-order valence-corrected chi connectivity index (χ0v) is 12.6. The minimum absolute atomic E-state index is 0.170. The molecule has 1 aromatic carbocycles. The maximum atomic E-state index is 12.2. The Labute approximate surface area is 134 Å². The van der Waals surface area contributed by atoms with Crippen LogP contribution in [0.5, 0.6) is 0 Å². The number of benzene rings is 1. The number of aromatic nitrogens is 1. The fraction of sp³-hybridized carbons (Fsp3) is 0.111. The van der Waals surface area contributed by atoms with E-state index in [0.717, 1.165) is 5.56 Å². The molecule has 0 aliphatic rings. The van der Waals surface area contributed by atoms with Crippen LogP contribution in [0.2, 0.25) is 0 Å². The second kappa shape index (κ2) is 7.66. The summed E-state index contributed by atoms with van der Waals surface area (Å²) in [5, 5.41) is 11.7. The third-order valence-corrected chi connectivity index (χ3v) is 3.24. The average Bonchev–Trinajstić information content (AvgIpc) is 2.61. The van der Waals surface area contributed by atoms with Crippen molar-refractivity contribution in [2.24, 2.45) is 0 Å². The molecule has 0 radical (unpaired) electrons. The molecule has 1 N–H and O–H groups in total. The average molecular weight is 305 g/mol. The third-order valence-electron chi connectivity index (χ3n) is 3.24. The lowest BCUT2D eigenvalue weighted by atomic mass is 10.00. The van der Waals surface area contributed by atoms with E-state index >= 15 is 0 Å². The van der Waals surface area contributed by atoms with Gasteiger partial charge < -0.3 is 5.32 Å². The summed E-state index contributed by atoms with van der Waals surface area (Å²) in [6, 6.07) is 13.9. The maximum absolute atomic E-state index is 12.2. The molecule has 0 saturated carbocycles. The molecule has 1 heterocycles. The van der Waals surface area contributed by atoms with E-state index in [9.17, 15) is 14.9 Å². The largest absolute Gasteiger partial charge is 0.355 e. The first-order valence-corrected chi connectivity index (χ1v) is 7.00. The van der Waals surface area contributed by atoms with E-state index in [4.69, 9.17) is 0 Å². The highest BCUT2D eigenvalue weighted by Gasteiger charge is 2.18. The first kappa shape index (κ1) is 16.1. The number of allylic oxidation sites excluding steroid dienone is 1. The molecule has 2 rings (SSSR count). The van der Waals surface area contributed by atoms with Gasteiger partial charge in [-0.15, -0.1) is 0 Å². The zero-order chi connectivity index (χ0) is 16.7. The highest BCUT2D eigenvalue weighted by Crippen LogP contribution is 2.15. The number of carbonyl (C=O) groups excluding carboxylic acids is 2. The van der Waals surface area contributed by atoms with Gasteiger partial charge in [-0.25, -0.2) is 0 Å². The van der Waals surface area contributed by atoms with Crippen molar-refractivity contribution in [1.29, 1.82) is 5.26 Å². The Morgan fingerprint density at radius 3 is 2.52 bits per heavy atom. The molecule has 0 aliphatic heterocycles. The second-order valence-electron chi connectivity index (χ2n) is 4.75. The summed E-state index contributed by atoms with van der Waals surface area (Å²) in [6.45, 7) is 0. The Balaban J connectivity index is 2.11. The lowest BCUT2D eigenvalue weighted by molar-refractivity contribution is -0.114. The molecular formula is C18H15N3O2. The van der Waals surface area contributed by atoms with Gasteiger partial charge in [0.25, 0.3) is 5.91 Å². The quantitative estimate of drug-likeness (QED) is 0.859. The summed E-state index contributed by atoms with van der Waals surface area (Å²) < 4.78 is 0. The van der Waals surface area contributed by atoms with E-state index in [1.54, 1.807) is 61.8 Å². The third kappa shape index (κ3) is 4.11. The van der Waals surface area contributed by atoms with Crippen LogP contribution in [0.15, 0.2) is 54.7 Å². The molecule has 0 spiro atoms. The van der Waals surface area contributed by atoms with Crippen LogP contribution >= 0.6 is 0 Å². The molecule has 0 bridgehead atoms. The Bertz CT molecular complexity index is 759. The van der Waals surface area contributed by atoms with Gasteiger partial charge in [0.15, 0.2) is 11.7 Å². The van der Waals surface area contributed by atoms with Gasteiger partial charge in [-0.05, 0) is 35.9 Å². The Morgan fingerprint density at radius 1 is 1.22 bits per heavy atom. The van der Waals surface area contributed by atoms with E-state index in [2.05, 4.69) is 10.3 Å². The first-order valence-electron chi connectivity index (χ1n) is 7.00. The minimum Gasteiger partial charge on any atom is -0.355 e. The molecule has 1 atom stereocenters. The van der Waals surface area contributed by atoms with Crippen LogP contribution < -0.4 is 5.32 Å². The molecule has 114 valence electrons. The fourth-order valence-electron chi connectivity index (χ4n) is 1.99. The lowest BCUT2D eigenvalue weighted by Crippen LogP contribution is -2.17. The Kier molecular flexibility index (Phi) is 5.37. The summed E-state index contributed by atoms with van der Waals surface area (Å²) in [7, 11) is 1.56. The highest BCUT2D eigenvalue weighted by molar-refractivity contribution is 6.00. The molecule has 0 unspecified atom stereocenters. The summed E-state index contributed by atoms with van der Waals surface area (Å²) in [6.07, 6.45) is 4.52. The zero-order valence-electron chi connectivity index (χ0n) is 12.6. The number of hydrogen-bond acceptors (Lipinski definition) is 4. The van der Waals surface area contributed by atoms with E-state index in [-0.39, 0.29) is 11.7 Å². The van der Waals surface area contributed by atoms with Crippen LogP contribution in [-0.4, -0.2) is 23.7 Å². The van der Waals surface area contributed by atoms with Gasteiger partial charge in [0.05, 0.1) is 11.8 Å². The molecule has 5 nitrogen and oxygen atoms in total. The van der Waals surface area contributed by atoms with E-state index in [1.165, 1.54) is 6.08 Å². The van der Waals surface area contributed by atoms with Gasteiger partial charge in [0.2, 0.25) is 0 Å². The molecule has 0 aliphatic carbocycles. The van der Waals surface area contributed by atoms with Crippen molar-refractivity contribution in [3.63, 3.8) is 0 Å². The normalized spacial score (nSPS) is 11.7. The van der Waals surface area contributed by atoms with E-state index in [1.807, 2.05) is 6.07 Å². The molecule has 1 amide bonds. The molecule has 5 heteroatoms. The van der Waals surface area contributed by atoms with Crippen LogP contribution in [0, 0.1) is 11.3 Å². The van der Waals surface area contributed by atoms with Crippen molar-refractivity contribution in [2.75, 3.05) is 7.05 Å². The lowest BCUT2D eigenvalue weighted by Gasteiger charge is -2.04. The van der Waals surface area contributed by atoms with Crippen molar-refractivity contribution < 1.29 is 9.59 Å². The SMILES string of the molecule is CNC(=O)c1ccc(/C=C/C(=O)[C@@H](C#N)c2ccccn2)cc1. The number of hydrogen-bond donors (Lipinski definition) is 1. The highest BCUT2D eigenvalue weighted by atomic mass is 16.1. The van der Waals surface area contributed by atoms with Crippen LogP contribution in [-0.2, 0) is 4.79 Å². The minimum atomic E-state index is -0.919. The van der Waals surface area contributed by atoms with Gasteiger partial charge in [-0.2, -0.15) is 5.26 Å². The number of nitrogens with one attached hydrogen (secondary N) is 1.